The lowest BCUT2D eigenvalue weighted by atomic mass is 10.2. The zero-order valence-electron chi connectivity index (χ0n) is 15.9. The highest BCUT2D eigenvalue weighted by Gasteiger charge is 2.20. The number of hydrogen-bond acceptors (Lipinski definition) is 3. The Kier molecular flexibility index (Phi) is 4.15. The third kappa shape index (κ3) is 3.28. The number of aromatic nitrogens is 2. The van der Waals surface area contributed by atoms with Gasteiger partial charge in [0.1, 0.15) is 17.2 Å². The molecule has 2 aromatic heterocycles. The Hall–Kier alpha value is -3.21. The van der Waals surface area contributed by atoms with E-state index < -0.39 is 0 Å². The Labute approximate surface area is 158 Å². The van der Waals surface area contributed by atoms with E-state index in [1.54, 1.807) is 6.07 Å². The number of benzene rings is 1. The largest absolute Gasteiger partial charge is 0.507 e. The second-order valence-corrected chi connectivity index (χ2v) is 7.17. The Morgan fingerprint density at radius 2 is 1.96 bits per heavy atom. The van der Waals surface area contributed by atoms with Gasteiger partial charge in [0, 0.05) is 28.4 Å². The van der Waals surface area contributed by atoms with Gasteiger partial charge in [0.05, 0.1) is 17.5 Å². The number of aliphatic imine (C=N–C) groups is 1. The van der Waals surface area contributed by atoms with Crippen LogP contribution in [0.25, 0.3) is 17.0 Å². The first-order valence-corrected chi connectivity index (χ1v) is 9.07. The van der Waals surface area contributed by atoms with Crippen LogP contribution in [0.5, 0.6) is 5.75 Å². The van der Waals surface area contributed by atoms with Crippen molar-refractivity contribution in [2.75, 3.05) is 0 Å². The summed E-state index contributed by atoms with van der Waals surface area (Å²) in [7, 11) is 0. The first kappa shape index (κ1) is 17.2. The standard InChI is InChI=1S/C22H23N3O2/c1-12(2)27-22-11-19(18-9-15-16(24-18)6-5-7-21(15)26)25-20(22)10-17-13(3)8-14(4)23-17/h5-12,23-24,26H,1-4H3/b20-10-. The van der Waals surface area contributed by atoms with E-state index in [0.29, 0.717) is 0 Å². The van der Waals surface area contributed by atoms with Gasteiger partial charge >= 0.3 is 0 Å². The van der Waals surface area contributed by atoms with Gasteiger partial charge < -0.3 is 19.8 Å². The van der Waals surface area contributed by atoms with Crippen molar-refractivity contribution < 1.29 is 9.84 Å². The molecule has 1 aliphatic heterocycles. The molecule has 138 valence electrons. The number of rotatable bonds is 4. The van der Waals surface area contributed by atoms with Crippen LogP contribution in [0.1, 0.15) is 36.5 Å². The summed E-state index contributed by atoms with van der Waals surface area (Å²) < 4.78 is 5.99. The molecular weight excluding hydrogens is 338 g/mol. The molecule has 0 amide bonds. The number of aromatic amines is 2. The molecule has 5 heteroatoms. The maximum absolute atomic E-state index is 10.1. The summed E-state index contributed by atoms with van der Waals surface area (Å²) in [6, 6.07) is 9.46. The second-order valence-electron chi connectivity index (χ2n) is 7.17. The number of nitrogens with zero attached hydrogens (tertiary/aromatic N) is 1. The molecule has 27 heavy (non-hydrogen) atoms. The Bertz CT molecular complexity index is 1110. The summed E-state index contributed by atoms with van der Waals surface area (Å²) in [5.74, 6) is 0.999. The zero-order valence-corrected chi connectivity index (χ0v) is 15.9. The van der Waals surface area contributed by atoms with Crippen LogP contribution in [0.4, 0.5) is 0 Å². The van der Waals surface area contributed by atoms with E-state index in [1.807, 2.05) is 51.1 Å². The summed E-state index contributed by atoms with van der Waals surface area (Å²) in [5.41, 5.74) is 6.60. The Balaban J connectivity index is 1.78. The first-order valence-electron chi connectivity index (χ1n) is 9.07. The van der Waals surface area contributed by atoms with Crippen molar-refractivity contribution in [2.45, 2.75) is 33.8 Å². The Morgan fingerprint density at radius 3 is 2.63 bits per heavy atom. The monoisotopic (exact) mass is 361 g/mol. The molecule has 1 aliphatic rings. The predicted octanol–water partition coefficient (Wildman–Crippen LogP) is 4.97. The summed E-state index contributed by atoms with van der Waals surface area (Å²) >= 11 is 0. The Morgan fingerprint density at radius 1 is 1.15 bits per heavy atom. The van der Waals surface area contributed by atoms with E-state index in [1.165, 1.54) is 5.56 Å². The molecule has 0 aliphatic carbocycles. The second kappa shape index (κ2) is 6.50. The van der Waals surface area contributed by atoms with Crippen molar-refractivity contribution >= 4 is 22.7 Å². The molecular formula is C22H23N3O2. The lowest BCUT2D eigenvalue weighted by Crippen LogP contribution is -2.02. The highest BCUT2D eigenvalue weighted by molar-refractivity contribution is 6.13. The maximum Gasteiger partial charge on any atom is 0.147 e. The molecule has 5 nitrogen and oxygen atoms in total. The van der Waals surface area contributed by atoms with Crippen LogP contribution >= 0.6 is 0 Å². The number of hydrogen-bond donors (Lipinski definition) is 3. The summed E-state index contributed by atoms with van der Waals surface area (Å²) in [6.45, 7) is 8.11. The van der Waals surface area contributed by atoms with Crippen molar-refractivity contribution in [1.29, 1.82) is 0 Å². The molecule has 3 aromatic rings. The first-order chi connectivity index (χ1) is 12.9. The van der Waals surface area contributed by atoms with Crippen molar-refractivity contribution in [2.24, 2.45) is 4.99 Å². The number of aromatic hydroxyl groups is 1. The van der Waals surface area contributed by atoms with Crippen LogP contribution in [0, 0.1) is 13.8 Å². The van der Waals surface area contributed by atoms with Crippen molar-refractivity contribution in [1.82, 2.24) is 9.97 Å². The number of aryl methyl sites for hydroxylation is 2. The normalized spacial score (nSPS) is 15.7. The van der Waals surface area contributed by atoms with Crippen LogP contribution in [0.15, 0.2) is 52.9 Å². The van der Waals surface area contributed by atoms with E-state index in [4.69, 9.17) is 9.73 Å². The van der Waals surface area contributed by atoms with Crippen molar-refractivity contribution in [3.8, 4) is 5.75 Å². The van der Waals surface area contributed by atoms with Crippen LogP contribution in [0.2, 0.25) is 0 Å². The van der Waals surface area contributed by atoms with Crippen LogP contribution in [0.3, 0.4) is 0 Å². The van der Waals surface area contributed by atoms with Crippen molar-refractivity contribution in [3.63, 3.8) is 0 Å². The fourth-order valence-electron chi connectivity index (χ4n) is 3.32. The number of phenols is 1. The van der Waals surface area contributed by atoms with Crippen LogP contribution in [-0.2, 0) is 4.74 Å². The SMILES string of the molecule is Cc1cc(C)c(/C=C2\N=C(c3cc4c(O)cccc4[nH]3)C=C2OC(C)C)[nH]1. The quantitative estimate of drug-likeness (QED) is 0.614. The minimum atomic E-state index is 0.0485. The summed E-state index contributed by atoms with van der Waals surface area (Å²) in [5, 5.41) is 10.8. The zero-order chi connectivity index (χ0) is 19.1. The third-order valence-corrected chi connectivity index (χ3v) is 4.51. The van der Waals surface area contributed by atoms with Gasteiger partial charge in [0.2, 0.25) is 0 Å². The molecule has 0 saturated heterocycles. The highest BCUT2D eigenvalue weighted by atomic mass is 16.5. The number of ether oxygens (including phenoxy) is 1. The van der Waals surface area contributed by atoms with Crippen LogP contribution < -0.4 is 0 Å². The number of H-pyrrole nitrogens is 2. The van der Waals surface area contributed by atoms with Gasteiger partial charge in [-0.1, -0.05) is 6.07 Å². The number of nitrogens with one attached hydrogen (secondary N) is 2. The van der Waals surface area contributed by atoms with E-state index in [9.17, 15) is 5.11 Å². The van der Waals surface area contributed by atoms with E-state index in [0.717, 1.165) is 45.2 Å². The minimum Gasteiger partial charge on any atom is -0.507 e. The predicted molar refractivity (Wildman–Crippen MR) is 109 cm³/mol. The lowest BCUT2D eigenvalue weighted by Gasteiger charge is -2.11. The van der Waals surface area contributed by atoms with Gasteiger partial charge in [-0.2, -0.15) is 0 Å². The molecule has 0 fully saturated rings. The topological polar surface area (TPSA) is 73.4 Å². The number of fused-ring (bicyclic) bond motifs is 1. The lowest BCUT2D eigenvalue weighted by molar-refractivity contribution is 0.155. The fourth-order valence-corrected chi connectivity index (χ4v) is 3.32. The van der Waals surface area contributed by atoms with Crippen LogP contribution in [-0.4, -0.2) is 26.9 Å². The smallest absolute Gasteiger partial charge is 0.147 e. The maximum atomic E-state index is 10.1. The van der Waals surface area contributed by atoms with Gasteiger partial charge in [-0.15, -0.1) is 0 Å². The average molecular weight is 361 g/mol. The third-order valence-electron chi connectivity index (χ3n) is 4.51. The van der Waals surface area contributed by atoms with Gasteiger partial charge in [-0.3, -0.25) is 0 Å². The fraction of sp³-hybridized carbons (Fsp3) is 0.227. The van der Waals surface area contributed by atoms with E-state index in [-0.39, 0.29) is 11.9 Å². The molecule has 0 bridgehead atoms. The molecule has 3 heterocycles. The molecule has 0 spiro atoms. The molecule has 3 N–H and O–H groups in total. The molecule has 0 atom stereocenters. The van der Waals surface area contributed by atoms with Gasteiger partial charge in [0.25, 0.3) is 0 Å². The highest BCUT2D eigenvalue weighted by Crippen LogP contribution is 2.30. The minimum absolute atomic E-state index is 0.0485. The van der Waals surface area contributed by atoms with Gasteiger partial charge in [0.15, 0.2) is 0 Å². The van der Waals surface area contributed by atoms with E-state index in [2.05, 4.69) is 23.0 Å². The van der Waals surface area contributed by atoms with Gasteiger partial charge in [-0.25, -0.2) is 4.99 Å². The molecule has 0 unspecified atom stereocenters. The molecule has 1 aromatic carbocycles. The molecule has 4 rings (SSSR count). The summed E-state index contributed by atoms with van der Waals surface area (Å²) in [6.07, 6.45) is 4.01. The molecule has 0 saturated carbocycles. The van der Waals surface area contributed by atoms with E-state index >= 15 is 0 Å². The average Bonchev–Trinajstić information content (AvgIpc) is 3.26. The number of phenolic OH excluding ortho intramolecular Hbond substituents is 1. The molecule has 0 radical (unpaired) electrons. The number of allylic oxidation sites excluding steroid dienone is 1. The summed E-state index contributed by atoms with van der Waals surface area (Å²) in [4.78, 5) is 11.5. The van der Waals surface area contributed by atoms with Gasteiger partial charge in [-0.05, 0) is 63.6 Å². The van der Waals surface area contributed by atoms with Crippen molar-refractivity contribution in [3.05, 3.63) is 70.5 Å².